The molecule has 3 rings (SSSR count). The van der Waals surface area contributed by atoms with E-state index in [4.69, 9.17) is 5.73 Å². The molecule has 3 N–H and O–H groups in total. The lowest BCUT2D eigenvalue weighted by atomic mass is 9.82. The summed E-state index contributed by atoms with van der Waals surface area (Å²) < 4.78 is 0. The van der Waals surface area contributed by atoms with Crippen LogP contribution in [0.1, 0.15) is 56.9 Å². The highest BCUT2D eigenvalue weighted by atomic mass is 16.2. The van der Waals surface area contributed by atoms with Crippen LogP contribution in [0.15, 0.2) is 18.3 Å². The van der Waals surface area contributed by atoms with Gasteiger partial charge in [0.25, 0.3) is 0 Å². The topological polar surface area (TPSA) is 71.2 Å². The third-order valence-corrected chi connectivity index (χ3v) is 5.14. The van der Waals surface area contributed by atoms with Gasteiger partial charge < -0.3 is 16.0 Å². The molecule has 1 saturated heterocycles. The van der Waals surface area contributed by atoms with Crippen LogP contribution in [-0.2, 0) is 11.3 Å². The van der Waals surface area contributed by atoms with Crippen LogP contribution in [-0.4, -0.2) is 29.5 Å². The molecule has 126 valence electrons. The minimum absolute atomic E-state index is 0.00599. The van der Waals surface area contributed by atoms with Crippen molar-refractivity contribution in [3.8, 4) is 0 Å². The number of piperidine rings is 1. The quantitative estimate of drug-likeness (QED) is 0.894. The van der Waals surface area contributed by atoms with E-state index in [-0.39, 0.29) is 5.91 Å². The molecule has 5 heteroatoms. The summed E-state index contributed by atoms with van der Waals surface area (Å²) >= 11 is 0. The van der Waals surface area contributed by atoms with Gasteiger partial charge >= 0.3 is 0 Å². The van der Waals surface area contributed by atoms with Crippen molar-refractivity contribution in [2.24, 2.45) is 5.73 Å². The molecule has 1 saturated carbocycles. The second-order valence-electron chi connectivity index (χ2n) is 6.97. The molecule has 0 spiro atoms. The Morgan fingerprint density at radius 1 is 1.17 bits per heavy atom. The highest BCUT2D eigenvalue weighted by molar-refractivity contribution is 5.86. The second kappa shape index (κ2) is 7.30. The zero-order valence-corrected chi connectivity index (χ0v) is 13.9. The summed E-state index contributed by atoms with van der Waals surface area (Å²) in [7, 11) is 0. The average molecular weight is 316 g/mol. The zero-order valence-electron chi connectivity index (χ0n) is 13.9. The Hall–Kier alpha value is -1.62. The molecule has 5 nitrogen and oxygen atoms in total. The Morgan fingerprint density at radius 3 is 2.61 bits per heavy atom. The number of hydrogen-bond acceptors (Lipinski definition) is 4. The van der Waals surface area contributed by atoms with Gasteiger partial charge in [-0.25, -0.2) is 4.98 Å². The van der Waals surface area contributed by atoms with Crippen LogP contribution in [0.3, 0.4) is 0 Å². The lowest BCUT2D eigenvalue weighted by Crippen LogP contribution is -2.54. The van der Waals surface area contributed by atoms with Gasteiger partial charge in [0.1, 0.15) is 5.82 Å². The van der Waals surface area contributed by atoms with Gasteiger partial charge in [0, 0.05) is 25.8 Å². The van der Waals surface area contributed by atoms with Gasteiger partial charge in [-0.3, -0.25) is 4.79 Å². The first kappa shape index (κ1) is 16.2. The van der Waals surface area contributed by atoms with Crippen LogP contribution in [0.4, 0.5) is 5.82 Å². The standard InChI is InChI=1S/C18H28N4O/c19-18(8-3-1-4-9-18)17(23)21-14-15-7-10-20-16(13-15)22-11-5-2-6-12-22/h7,10,13H,1-6,8-9,11-12,14,19H2,(H,21,23). The number of carbonyl (C=O) groups is 1. The number of amides is 1. The molecule has 1 amide bonds. The maximum Gasteiger partial charge on any atom is 0.240 e. The lowest BCUT2D eigenvalue weighted by Gasteiger charge is -2.32. The maximum atomic E-state index is 12.4. The normalized spacial score (nSPS) is 21.0. The molecule has 0 radical (unpaired) electrons. The van der Waals surface area contributed by atoms with E-state index in [1.807, 2.05) is 12.3 Å². The van der Waals surface area contributed by atoms with Gasteiger partial charge in [0.2, 0.25) is 5.91 Å². The van der Waals surface area contributed by atoms with Gasteiger partial charge in [-0.15, -0.1) is 0 Å². The average Bonchev–Trinajstić information content (AvgIpc) is 2.61. The van der Waals surface area contributed by atoms with Crippen LogP contribution >= 0.6 is 0 Å². The van der Waals surface area contributed by atoms with Crippen molar-refractivity contribution in [3.05, 3.63) is 23.9 Å². The van der Waals surface area contributed by atoms with E-state index in [9.17, 15) is 4.79 Å². The van der Waals surface area contributed by atoms with E-state index < -0.39 is 5.54 Å². The summed E-state index contributed by atoms with van der Waals surface area (Å²) in [6.45, 7) is 2.69. The number of rotatable bonds is 4. The number of carbonyl (C=O) groups excluding carboxylic acids is 1. The Bertz CT molecular complexity index is 534. The molecule has 23 heavy (non-hydrogen) atoms. The Kier molecular flexibility index (Phi) is 5.16. The van der Waals surface area contributed by atoms with Crippen molar-refractivity contribution in [1.82, 2.24) is 10.3 Å². The van der Waals surface area contributed by atoms with Crippen molar-refractivity contribution in [3.63, 3.8) is 0 Å². The Labute approximate surface area is 138 Å². The molecule has 2 aliphatic rings. The third-order valence-electron chi connectivity index (χ3n) is 5.14. The largest absolute Gasteiger partial charge is 0.357 e. The molecule has 1 aliphatic carbocycles. The highest BCUT2D eigenvalue weighted by Crippen LogP contribution is 2.26. The number of nitrogens with two attached hydrogens (primary N) is 1. The van der Waals surface area contributed by atoms with Gasteiger partial charge in [0.15, 0.2) is 0 Å². The number of pyridine rings is 1. The SMILES string of the molecule is NC1(C(=O)NCc2ccnc(N3CCCCC3)c2)CCCCC1. The Morgan fingerprint density at radius 2 is 1.87 bits per heavy atom. The molecule has 2 heterocycles. The van der Waals surface area contributed by atoms with Crippen LogP contribution in [0.5, 0.6) is 0 Å². The first-order chi connectivity index (χ1) is 11.2. The fourth-order valence-electron chi connectivity index (χ4n) is 3.63. The summed E-state index contributed by atoms with van der Waals surface area (Å²) in [5.74, 6) is 1.02. The van der Waals surface area contributed by atoms with Crippen LogP contribution in [0.25, 0.3) is 0 Å². The summed E-state index contributed by atoms with van der Waals surface area (Å²) in [5, 5.41) is 3.03. The van der Waals surface area contributed by atoms with Crippen molar-refractivity contribution in [2.75, 3.05) is 18.0 Å². The minimum atomic E-state index is -0.666. The van der Waals surface area contributed by atoms with Crippen molar-refractivity contribution in [2.45, 2.75) is 63.5 Å². The van der Waals surface area contributed by atoms with Gasteiger partial charge in [0.05, 0.1) is 5.54 Å². The molecule has 0 aromatic carbocycles. The fraction of sp³-hybridized carbons (Fsp3) is 0.667. The molecule has 2 fully saturated rings. The molecule has 0 atom stereocenters. The zero-order chi connectivity index (χ0) is 16.1. The van der Waals surface area contributed by atoms with Crippen LogP contribution in [0, 0.1) is 0 Å². The van der Waals surface area contributed by atoms with E-state index in [0.29, 0.717) is 6.54 Å². The van der Waals surface area contributed by atoms with E-state index >= 15 is 0 Å². The molecular weight excluding hydrogens is 288 g/mol. The van der Waals surface area contributed by atoms with Crippen molar-refractivity contribution >= 4 is 11.7 Å². The third kappa shape index (κ3) is 4.02. The monoisotopic (exact) mass is 316 g/mol. The summed E-state index contributed by atoms with van der Waals surface area (Å²) in [4.78, 5) is 19.2. The number of anilines is 1. The Balaban J connectivity index is 1.58. The predicted molar refractivity (Wildman–Crippen MR) is 92.2 cm³/mol. The smallest absolute Gasteiger partial charge is 0.240 e. The van der Waals surface area contributed by atoms with E-state index in [1.54, 1.807) is 0 Å². The molecule has 0 bridgehead atoms. The van der Waals surface area contributed by atoms with Gasteiger partial charge in [-0.05, 0) is 49.8 Å². The first-order valence-corrected chi connectivity index (χ1v) is 8.94. The van der Waals surface area contributed by atoms with Crippen LogP contribution in [0.2, 0.25) is 0 Å². The molecule has 0 unspecified atom stereocenters. The van der Waals surface area contributed by atoms with Gasteiger partial charge in [-0.2, -0.15) is 0 Å². The molecule has 1 aliphatic heterocycles. The second-order valence-corrected chi connectivity index (χ2v) is 6.97. The number of aromatic nitrogens is 1. The fourth-order valence-corrected chi connectivity index (χ4v) is 3.63. The summed E-state index contributed by atoms with van der Waals surface area (Å²) in [6, 6.07) is 4.06. The van der Waals surface area contributed by atoms with Crippen molar-refractivity contribution < 1.29 is 4.79 Å². The van der Waals surface area contributed by atoms with Gasteiger partial charge in [-0.1, -0.05) is 19.3 Å². The number of hydrogen-bond donors (Lipinski definition) is 2. The number of nitrogens with zero attached hydrogens (tertiary/aromatic N) is 2. The van der Waals surface area contributed by atoms with E-state index in [0.717, 1.165) is 50.2 Å². The molecule has 1 aromatic heterocycles. The highest BCUT2D eigenvalue weighted by Gasteiger charge is 2.34. The molecule has 1 aromatic rings. The predicted octanol–water partition coefficient (Wildman–Crippen LogP) is 2.35. The van der Waals surface area contributed by atoms with E-state index in [2.05, 4.69) is 21.3 Å². The summed E-state index contributed by atoms with van der Waals surface area (Å²) in [5.41, 5.74) is 6.71. The molecular formula is C18H28N4O. The lowest BCUT2D eigenvalue weighted by molar-refractivity contribution is -0.127. The summed E-state index contributed by atoms with van der Waals surface area (Å²) in [6.07, 6.45) is 10.5. The first-order valence-electron chi connectivity index (χ1n) is 8.94. The van der Waals surface area contributed by atoms with Crippen molar-refractivity contribution in [1.29, 1.82) is 0 Å². The maximum absolute atomic E-state index is 12.4. The van der Waals surface area contributed by atoms with E-state index in [1.165, 1.54) is 25.7 Å². The van der Waals surface area contributed by atoms with Crippen LogP contribution < -0.4 is 16.0 Å². The minimum Gasteiger partial charge on any atom is -0.357 e. The number of nitrogens with one attached hydrogen (secondary N) is 1.